The lowest BCUT2D eigenvalue weighted by atomic mass is 9.96. The Balaban J connectivity index is 1.73. The Bertz CT molecular complexity index is 469. The van der Waals surface area contributed by atoms with Crippen LogP contribution in [0, 0.1) is 0 Å². The van der Waals surface area contributed by atoms with Crippen LogP contribution in [-0.4, -0.2) is 25.2 Å². The average molecular weight is 273 g/mol. The maximum atomic E-state index is 12.6. The first-order valence-corrected chi connectivity index (χ1v) is 7.71. The number of para-hydroxylation sites is 1. The highest BCUT2D eigenvalue weighted by Crippen LogP contribution is 2.23. The molecule has 2 amide bonds. The van der Waals surface area contributed by atoms with Crippen LogP contribution in [0.4, 0.5) is 10.5 Å². The zero-order chi connectivity index (χ0) is 13.8. The smallest absolute Gasteiger partial charge is 0.322 e. The number of carbonyl (C=O) groups excluding carboxylic acids is 1. The molecule has 1 aliphatic heterocycles. The van der Waals surface area contributed by atoms with Gasteiger partial charge in [-0.15, -0.1) is 0 Å². The first kappa shape index (κ1) is 13.4. The molecule has 1 aromatic rings. The van der Waals surface area contributed by atoms with Crippen LogP contribution in [0.25, 0.3) is 0 Å². The molecule has 20 heavy (non-hydrogen) atoms. The van der Waals surface area contributed by atoms with Gasteiger partial charge < -0.3 is 10.6 Å². The van der Waals surface area contributed by atoms with E-state index < -0.39 is 0 Å². The summed E-state index contributed by atoms with van der Waals surface area (Å²) in [5.41, 5.74) is 2.25. The van der Waals surface area contributed by atoms with Crippen molar-refractivity contribution >= 4 is 11.7 Å². The Morgan fingerprint density at radius 3 is 2.85 bits per heavy atom. The maximum Gasteiger partial charge on any atom is 0.322 e. The number of nitrogens with one attached hydrogen (secondary N) is 2. The van der Waals surface area contributed by atoms with Crippen molar-refractivity contribution in [2.45, 2.75) is 44.7 Å². The Morgan fingerprint density at radius 1 is 1.20 bits per heavy atom. The van der Waals surface area contributed by atoms with Gasteiger partial charge in [-0.05, 0) is 24.5 Å². The van der Waals surface area contributed by atoms with Gasteiger partial charge >= 0.3 is 6.03 Å². The molecule has 0 atom stereocenters. The highest BCUT2D eigenvalue weighted by atomic mass is 16.2. The number of hydrogen-bond acceptors (Lipinski definition) is 2. The molecule has 0 saturated heterocycles. The SMILES string of the molecule is O=C(NC1CCCCC1)N1CCNCc2ccccc21. The van der Waals surface area contributed by atoms with Crippen molar-refractivity contribution in [2.75, 3.05) is 18.0 Å². The Labute approximate surface area is 120 Å². The van der Waals surface area contributed by atoms with E-state index in [0.29, 0.717) is 6.04 Å². The fraction of sp³-hybridized carbons (Fsp3) is 0.562. The number of fused-ring (bicyclic) bond motifs is 1. The lowest BCUT2D eigenvalue weighted by Gasteiger charge is -2.28. The zero-order valence-corrected chi connectivity index (χ0v) is 11.9. The quantitative estimate of drug-likeness (QED) is 0.826. The standard InChI is InChI=1S/C16H23N3O/c20-16(18-14-7-2-1-3-8-14)19-11-10-17-12-13-6-4-5-9-15(13)19/h4-6,9,14,17H,1-3,7-8,10-12H2,(H,18,20). The molecule has 1 fully saturated rings. The first-order chi connectivity index (χ1) is 9.84. The van der Waals surface area contributed by atoms with Crippen molar-refractivity contribution in [3.05, 3.63) is 29.8 Å². The van der Waals surface area contributed by atoms with Crippen LogP contribution in [0.1, 0.15) is 37.7 Å². The van der Waals surface area contributed by atoms with Crippen LogP contribution in [0.5, 0.6) is 0 Å². The molecule has 1 aliphatic carbocycles. The fourth-order valence-corrected chi connectivity index (χ4v) is 3.17. The van der Waals surface area contributed by atoms with Gasteiger partial charge in [0.25, 0.3) is 0 Å². The van der Waals surface area contributed by atoms with Crippen molar-refractivity contribution in [3.63, 3.8) is 0 Å². The van der Waals surface area contributed by atoms with Crippen molar-refractivity contribution < 1.29 is 4.79 Å². The number of nitrogens with zero attached hydrogens (tertiary/aromatic N) is 1. The molecule has 0 radical (unpaired) electrons. The van der Waals surface area contributed by atoms with Crippen molar-refractivity contribution in [1.29, 1.82) is 0 Å². The van der Waals surface area contributed by atoms with Gasteiger partial charge in [0.1, 0.15) is 0 Å². The van der Waals surface area contributed by atoms with Crippen LogP contribution in [-0.2, 0) is 6.54 Å². The Morgan fingerprint density at radius 2 is 2.00 bits per heavy atom. The summed E-state index contributed by atoms with van der Waals surface area (Å²) in [6, 6.07) is 8.60. The third-order valence-corrected chi connectivity index (χ3v) is 4.29. The van der Waals surface area contributed by atoms with Crippen LogP contribution >= 0.6 is 0 Å². The number of benzene rings is 1. The Hall–Kier alpha value is -1.55. The highest BCUT2D eigenvalue weighted by molar-refractivity contribution is 5.93. The van der Waals surface area contributed by atoms with Crippen LogP contribution < -0.4 is 15.5 Å². The molecule has 0 spiro atoms. The molecule has 1 heterocycles. The van der Waals surface area contributed by atoms with Gasteiger partial charge in [0, 0.05) is 31.4 Å². The van der Waals surface area contributed by atoms with E-state index in [1.54, 1.807) is 0 Å². The minimum atomic E-state index is 0.0630. The van der Waals surface area contributed by atoms with Crippen molar-refractivity contribution in [3.8, 4) is 0 Å². The van der Waals surface area contributed by atoms with E-state index in [1.165, 1.54) is 24.8 Å². The average Bonchev–Trinajstić information content (AvgIpc) is 2.70. The van der Waals surface area contributed by atoms with E-state index in [0.717, 1.165) is 38.2 Å². The monoisotopic (exact) mass is 273 g/mol. The topological polar surface area (TPSA) is 44.4 Å². The van der Waals surface area contributed by atoms with Gasteiger partial charge in [0.2, 0.25) is 0 Å². The molecule has 1 aromatic carbocycles. The van der Waals surface area contributed by atoms with Crippen molar-refractivity contribution in [2.24, 2.45) is 0 Å². The summed E-state index contributed by atoms with van der Waals surface area (Å²) >= 11 is 0. The van der Waals surface area contributed by atoms with Gasteiger partial charge in [-0.25, -0.2) is 4.79 Å². The molecule has 1 saturated carbocycles. The molecule has 108 valence electrons. The van der Waals surface area contributed by atoms with Gasteiger partial charge in [0.15, 0.2) is 0 Å². The molecule has 2 N–H and O–H groups in total. The van der Waals surface area contributed by atoms with E-state index in [2.05, 4.69) is 16.7 Å². The van der Waals surface area contributed by atoms with Crippen molar-refractivity contribution in [1.82, 2.24) is 10.6 Å². The largest absolute Gasteiger partial charge is 0.335 e. The molecule has 0 bridgehead atoms. The molecule has 4 nitrogen and oxygen atoms in total. The van der Waals surface area contributed by atoms with Gasteiger partial charge in [-0.2, -0.15) is 0 Å². The summed E-state index contributed by atoms with van der Waals surface area (Å²) in [5.74, 6) is 0. The highest BCUT2D eigenvalue weighted by Gasteiger charge is 2.23. The fourth-order valence-electron chi connectivity index (χ4n) is 3.17. The lowest BCUT2D eigenvalue weighted by Crippen LogP contribution is -2.47. The summed E-state index contributed by atoms with van der Waals surface area (Å²) in [5, 5.41) is 6.59. The molecule has 0 unspecified atom stereocenters. The second-order valence-electron chi connectivity index (χ2n) is 5.74. The third kappa shape index (κ3) is 2.96. The predicted molar refractivity (Wildman–Crippen MR) is 80.9 cm³/mol. The Kier molecular flexibility index (Phi) is 4.21. The predicted octanol–water partition coefficient (Wildman–Crippen LogP) is 2.64. The third-order valence-electron chi connectivity index (χ3n) is 4.29. The second kappa shape index (κ2) is 6.27. The number of anilines is 1. The number of carbonyl (C=O) groups is 1. The van der Waals surface area contributed by atoms with Gasteiger partial charge in [0.05, 0.1) is 0 Å². The molecule has 4 heteroatoms. The summed E-state index contributed by atoms with van der Waals surface area (Å²) in [6.45, 7) is 2.41. The minimum Gasteiger partial charge on any atom is -0.335 e. The number of hydrogen-bond donors (Lipinski definition) is 2. The first-order valence-electron chi connectivity index (χ1n) is 7.71. The maximum absolute atomic E-state index is 12.6. The van der Waals surface area contributed by atoms with Crippen LogP contribution in [0.2, 0.25) is 0 Å². The number of amides is 2. The summed E-state index contributed by atoms with van der Waals surface area (Å²) in [7, 11) is 0. The van der Waals surface area contributed by atoms with Gasteiger partial charge in [-0.1, -0.05) is 37.5 Å². The van der Waals surface area contributed by atoms with E-state index in [4.69, 9.17) is 0 Å². The normalized spacial score (nSPS) is 20.1. The van der Waals surface area contributed by atoms with E-state index >= 15 is 0 Å². The van der Waals surface area contributed by atoms with Crippen LogP contribution in [0.3, 0.4) is 0 Å². The van der Waals surface area contributed by atoms with E-state index in [9.17, 15) is 4.79 Å². The summed E-state index contributed by atoms with van der Waals surface area (Å²) < 4.78 is 0. The van der Waals surface area contributed by atoms with E-state index in [-0.39, 0.29) is 6.03 Å². The van der Waals surface area contributed by atoms with E-state index in [1.807, 2.05) is 23.1 Å². The zero-order valence-electron chi connectivity index (χ0n) is 11.9. The molecular formula is C16H23N3O. The lowest BCUT2D eigenvalue weighted by molar-refractivity contribution is 0.238. The molecule has 2 aliphatic rings. The second-order valence-corrected chi connectivity index (χ2v) is 5.74. The number of urea groups is 1. The van der Waals surface area contributed by atoms with Gasteiger partial charge in [-0.3, -0.25) is 4.90 Å². The minimum absolute atomic E-state index is 0.0630. The molecule has 3 rings (SSSR count). The summed E-state index contributed by atoms with van der Waals surface area (Å²) in [6.07, 6.45) is 6.04. The molecule has 0 aromatic heterocycles. The molecular weight excluding hydrogens is 250 g/mol. The summed E-state index contributed by atoms with van der Waals surface area (Å²) in [4.78, 5) is 14.5. The number of rotatable bonds is 1. The van der Waals surface area contributed by atoms with Crippen LogP contribution in [0.15, 0.2) is 24.3 Å².